The summed E-state index contributed by atoms with van der Waals surface area (Å²) >= 11 is 0. The van der Waals surface area contributed by atoms with Crippen LogP contribution >= 0.6 is 0 Å². The molecule has 0 saturated carbocycles. The summed E-state index contributed by atoms with van der Waals surface area (Å²) in [6.45, 7) is 4.73. The van der Waals surface area contributed by atoms with Gasteiger partial charge in [-0.25, -0.2) is 0 Å². The van der Waals surface area contributed by atoms with Crippen LogP contribution in [0.3, 0.4) is 0 Å². The molecule has 3 N–H and O–H groups in total. The number of amides is 1. The normalized spacial score (nSPS) is 16.3. The first kappa shape index (κ1) is 17.7. The number of nitrogens with one attached hydrogen (secondary N) is 1. The first-order valence-electron chi connectivity index (χ1n) is 8.15. The molecule has 1 aromatic carbocycles. The predicted octanol–water partition coefficient (Wildman–Crippen LogP) is 0.751. The van der Waals surface area contributed by atoms with Crippen molar-refractivity contribution in [2.24, 2.45) is 5.73 Å². The maximum absolute atomic E-state index is 11.7. The van der Waals surface area contributed by atoms with E-state index >= 15 is 0 Å². The molecular weight excluding hydrogens is 294 g/mol. The molecule has 6 nitrogen and oxygen atoms in total. The van der Waals surface area contributed by atoms with E-state index in [4.69, 9.17) is 15.2 Å². The second-order valence-corrected chi connectivity index (χ2v) is 5.82. The molecule has 1 heterocycles. The molecule has 1 unspecified atom stereocenters. The van der Waals surface area contributed by atoms with Crippen LogP contribution in [0.1, 0.15) is 18.4 Å². The second kappa shape index (κ2) is 9.50. The molecule has 0 bridgehead atoms. The zero-order chi connectivity index (χ0) is 16.5. The van der Waals surface area contributed by atoms with Crippen LogP contribution in [0.4, 0.5) is 0 Å². The van der Waals surface area contributed by atoms with Gasteiger partial charge < -0.3 is 20.5 Å². The molecule has 0 radical (unpaired) electrons. The maximum Gasteiger partial charge on any atom is 0.239 e. The van der Waals surface area contributed by atoms with Gasteiger partial charge in [-0.3, -0.25) is 9.69 Å². The van der Waals surface area contributed by atoms with Gasteiger partial charge in [0.1, 0.15) is 18.4 Å². The van der Waals surface area contributed by atoms with Crippen molar-refractivity contribution in [1.29, 1.82) is 0 Å². The quantitative estimate of drug-likeness (QED) is 0.702. The van der Waals surface area contributed by atoms with E-state index in [1.165, 1.54) is 33.0 Å². The highest BCUT2D eigenvalue weighted by atomic mass is 16.5. The van der Waals surface area contributed by atoms with Gasteiger partial charge in [0.25, 0.3) is 0 Å². The molecule has 1 amide bonds. The summed E-state index contributed by atoms with van der Waals surface area (Å²) in [7, 11) is 1.52. The lowest BCUT2D eigenvalue weighted by Gasteiger charge is -2.15. The number of nitrogens with zero attached hydrogens (tertiary/aromatic N) is 1. The summed E-state index contributed by atoms with van der Waals surface area (Å²) in [6.07, 6.45) is 2.60. The van der Waals surface area contributed by atoms with Gasteiger partial charge >= 0.3 is 0 Å². The lowest BCUT2D eigenvalue weighted by molar-refractivity contribution is -0.123. The van der Waals surface area contributed by atoms with E-state index in [2.05, 4.69) is 10.2 Å². The summed E-state index contributed by atoms with van der Waals surface area (Å²) in [5.41, 5.74) is 6.67. The predicted molar refractivity (Wildman–Crippen MR) is 89.3 cm³/mol. The Bertz CT molecular complexity index is 472. The van der Waals surface area contributed by atoms with E-state index in [0.717, 1.165) is 17.9 Å². The number of carbonyl (C=O) groups excluding carboxylic acids is 1. The third-order valence-corrected chi connectivity index (χ3v) is 3.95. The fourth-order valence-electron chi connectivity index (χ4n) is 2.58. The topological polar surface area (TPSA) is 76.8 Å². The third-order valence-electron chi connectivity index (χ3n) is 3.95. The van der Waals surface area contributed by atoms with Gasteiger partial charge in [-0.05, 0) is 43.6 Å². The molecule has 0 spiro atoms. The van der Waals surface area contributed by atoms with E-state index in [1.54, 1.807) is 0 Å². The second-order valence-electron chi connectivity index (χ2n) is 5.82. The van der Waals surface area contributed by atoms with Crippen molar-refractivity contribution >= 4 is 5.91 Å². The Morgan fingerprint density at radius 2 is 2.00 bits per heavy atom. The SMILES string of the molecule is COCC(N)C(=O)NCc1ccc(OCCN2CCCC2)cc1. The molecular formula is C17H27N3O3. The average Bonchev–Trinajstić information content (AvgIpc) is 3.07. The molecule has 1 aliphatic rings. The summed E-state index contributed by atoms with van der Waals surface area (Å²) in [5, 5.41) is 2.79. The number of likely N-dealkylation sites (tertiary alicyclic amines) is 1. The summed E-state index contributed by atoms with van der Waals surface area (Å²) in [5.74, 6) is 0.646. The first-order valence-corrected chi connectivity index (χ1v) is 8.15. The van der Waals surface area contributed by atoms with Crippen LogP contribution in [0.5, 0.6) is 5.75 Å². The van der Waals surface area contributed by atoms with Crippen molar-refractivity contribution in [2.75, 3.05) is 40.0 Å². The van der Waals surface area contributed by atoms with E-state index in [0.29, 0.717) is 13.2 Å². The van der Waals surface area contributed by atoms with Crippen molar-refractivity contribution in [1.82, 2.24) is 10.2 Å². The average molecular weight is 321 g/mol. The number of methoxy groups -OCH3 is 1. The Labute approximate surface area is 137 Å². The highest BCUT2D eigenvalue weighted by Crippen LogP contribution is 2.13. The van der Waals surface area contributed by atoms with Crippen molar-refractivity contribution in [3.05, 3.63) is 29.8 Å². The zero-order valence-corrected chi connectivity index (χ0v) is 13.8. The number of ether oxygens (including phenoxy) is 2. The number of carbonyl (C=O) groups is 1. The fourth-order valence-corrected chi connectivity index (χ4v) is 2.58. The van der Waals surface area contributed by atoms with Gasteiger partial charge in [0.15, 0.2) is 0 Å². The standard InChI is InChI=1S/C17H27N3O3/c1-22-13-16(18)17(21)19-12-14-4-6-15(7-5-14)23-11-10-20-8-2-3-9-20/h4-7,16H,2-3,8-13,18H2,1H3,(H,19,21). The first-order chi connectivity index (χ1) is 11.2. The lowest BCUT2D eigenvalue weighted by atomic mass is 10.2. The lowest BCUT2D eigenvalue weighted by Crippen LogP contribution is -2.43. The molecule has 0 aliphatic carbocycles. The van der Waals surface area contributed by atoms with Crippen molar-refractivity contribution < 1.29 is 14.3 Å². The molecule has 128 valence electrons. The Morgan fingerprint density at radius 3 is 2.65 bits per heavy atom. The number of hydrogen-bond acceptors (Lipinski definition) is 5. The van der Waals surface area contributed by atoms with Crippen LogP contribution in [0, 0.1) is 0 Å². The highest BCUT2D eigenvalue weighted by Gasteiger charge is 2.12. The van der Waals surface area contributed by atoms with E-state index in [-0.39, 0.29) is 12.5 Å². The van der Waals surface area contributed by atoms with Crippen LogP contribution in [0.15, 0.2) is 24.3 Å². The molecule has 6 heteroatoms. The van der Waals surface area contributed by atoms with Crippen LogP contribution in [0.25, 0.3) is 0 Å². The largest absolute Gasteiger partial charge is 0.492 e. The van der Waals surface area contributed by atoms with Gasteiger partial charge in [-0.1, -0.05) is 12.1 Å². The Balaban J connectivity index is 1.68. The molecule has 1 saturated heterocycles. The van der Waals surface area contributed by atoms with Gasteiger partial charge in [-0.15, -0.1) is 0 Å². The summed E-state index contributed by atoms with van der Waals surface area (Å²) in [6, 6.07) is 7.13. The minimum Gasteiger partial charge on any atom is -0.492 e. The minimum absolute atomic E-state index is 0.210. The summed E-state index contributed by atoms with van der Waals surface area (Å²) in [4.78, 5) is 14.1. The van der Waals surface area contributed by atoms with Crippen molar-refractivity contribution in [2.45, 2.75) is 25.4 Å². The van der Waals surface area contributed by atoms with Gasteiger partial charge in [0.2, 0.25) is 5.91 Å². The molecule has 0 aromatic heterocycles. The van der Waals surface area contributed by atoms with Crippen LogP contribution in [-0.2, 0) is 16.1 Å². The number of benzene rings is 1. The van der Waals surface area contributed by atoms with E-state index in [1.807, 2.05) is 24.3 Å². The Morgan fingerprint density at radius 1 is 1.30 bits per heavy atom. The molecule has 23 heavy (non-hydrogen) atoms. The minimum atomic E-state index is -0.631. The van der Waals surface area contributed by atoms with E-state index in [9.17, 15) is 4.79 Å². The molecule has 1 fully saturated rings. The Hall–Kier alpha value is -1.63. The fraction of sp³-hybridized carbons (Fsp3) is 0.588. The Kier molecular flexibility index (Phi) is 7.32. The number of rotatable bonds is 9. The number of hydrogen-bond donors (Lipinski definition) is 2. The molecule has 1 atom stereocenters. The highest BCUT2D eigenvalue weighted by molar-refractivity contribution is 5.81. The summed E-state index contributed by atoms with van der Waals surface area (Å²) < 4.78 is 10.6. The zero-order valence-electron chi connectivity index (χ0n) is 13.8. The molecule has 2 rings (SSSR count). The van der Waals surface area contributed by atoms with Crippen molar-refractivity contribution in [3.63, 3.8) is 0 Å². The van der Waals surface area contributed by atoms with Crippen LogP contribution in [0.2, 0.25) is 0 Å². The van der Waals surface area contributed by atoms with E-state index < -0.39 is 6.04 Å². The maximum atomic E-state index is 11.7. The van der Waals surface area contributed by atoms with Gasteiger partial charge in [0, 0.05) is 20.2 Å². The van der Waals surface area contributed by atoms with Crippen molar-refractivity contribution in [3.8, 4) is 5.75 Å². The third kappa shape index (κ3) is 6.17. The van der Waals surface area contributed by atoms with Crippen LogP contribution in [-0.4, -0.2) is 56.8 Å². The molecule has 1 aliphatic heterocycles. The number of nitrogens with two attached hydrogens (primary N) is 1. The smallest absolute Gasteiger partial charge is 0.239 e. The monoisotopic (exact) mass is 321 g/mol. The van der Waals surface area contributed by atoms with Crippen LogP contribution < -0.4 is 15.8 Å². The van der Waals surface area contributed by atoms with Gasteiger partial charge in [0.05, 0.1) is 6.61 Å². The van der Waals surface area contributed by atoms with Gasteiger partial charge in [-0.2, -0.15) is 0 Å². The molecule has 1 aromatic rings.